The largest absolute Gasteiger partial charge is 0.355 e. The zero-order chi connectivity index (χ0) is 24.4. The predicted molar refractivity (Wildman–Crippen MR) is 128 cm³/mol. The molecular weight excluding hydrogens is 491 g/mol. The van der Waals surface area contributed by atoms with E-state index < -0.39 is 16.0 Å². The Kier molecular flexibility index (Phi) is 10.3. The highest BCUT2D eigenvalue weighted by atomic mass is 35.5. The molecule has 1 amide bonds. The fraction of sp³-hybridized carbons (Fsp3) is 0.364. The van der Waals surface area contributed by atoms with Gasteiger partial charge in [-0.1, -0.05) is 29.3 Å². The van der Waals surface area contributed by atoms with Gasteiger partial charge in [0.05, 0.1) is 22.7 Å². The van der Waals surface area contributed by atoms with Crippen molar-refractivity contribution < 1.29 is 27.8 Å². The van der Waals surface area contributed by atoms with Crippen LogP contribution in [0.4, 0.5) is 5.69 Å². The van der Waals surface area contributed by atoms with Crippen molar-refractivity contribution in [2.45, 2.75) is 32.6 Å². The molecule has 2 aromatic carbocycles. The van der Waals surface area contributed by atoms with E-state index in [9.17, 15) is 18.0 Å². The first kappa shape index (κ1) is 26.8. The monoisotopic (exact) mass is 516 g/mol. The number of halogens is 2. The summed E-state index contributed by atoms with van der Waals surface area (Å²) in [4.78, 5) is 35.2. The van der Waals surface area contributed by atoms with Crippen molar-refractivity contribution in [3.05, 3.63) is 58.1 Å². The molecule has 0 unspecified atom stereocenters. The minimum atomic E-state index is -3.37. The second-order valence-corrected chi connectivity index (χ2v) is 9.96. The minimum absolute atomic E-state index is 0.0465. The van der Waals surface area contributed by atoms with E-state index in [2.05, 4.69) is 4.72 Å². The van der Waals surface area contributed by atoms with Crippen molar-refractivity contribution in [3.8, 4) is 5.75 Å². The molecule has 0 fully saturated rings. The molecule has 0 saturated carbocycles. The number of rotatable bonds is 12. The van der Waals surface area contributed by atoms with Crippen LogP contribution in [0.15, 0.2) is 42.5 Å². The van der Waals surface area contributed by atoms with Crippen LogP contribution in [0.5, 0.6) is 5.75 Å². The number of anilines is 1. The number of hydrogen-bond acceptors (Lipinski definition) is 6. The van der Waals surface area contributed by atoms with Crippen LogP contribution in [-0.2, 0) is 30.9 Å². The summed E-state index contributed by atoms with van der Waals surface area (Å²) in [5.74, 6) is -0.333. The van der Waals surface area contributed by atoms with Crippen LogP contribution in [0.2, 0.25) is 10.0 Å². The van der Waals surface area contributed by atoms with Gasteiger partial charge in [-0.15, -0.1) is 0 Å². The Morgan fingerprint density at radius 2 is 1.70 bits per heavy atom. The summed E-state index contributed by atoms with van der Waals surface area (Å²) in [5.41, 5.74) is 1.35. The average Bonchev–Trinajstić information content (AvgIpc) is 2.73. The number of amides is 1. The van der Waals surface area contributed by atoms with Gasteiger partial charge in [-0.2, -0.15) is 0 Å². The average molecular weight is 517 g/mol. The van der Waals surface area contributed by atoms with Gasteiger partial charge in [-0.05, 0) is 61.2 Å². The number of unbranched alkanes of at least 4 members (excludes halogenated alkanes) is 1. The van der Waals surface area contributed by atoms with Gasteiger partial charge in [-0.3, -0.25) is 19.3 Å². The van der Waals surface area contributed by atoms with Gasteiger partial charge < -0.3 is 4.90 Å². The number of nitrogens with zero attached hydrogens (tertiary/aromatic N) is 1. The predicted octanol–water partition coefficient (Wildman–Crippen LogP) is 4.46. The highest BCUT2D eigenvalue weighted by Crippen LogP contribution is 2.23. The number of benzene rings is 2. The quantitative estimate of drug-likeness (QED) is 0.253. The molecule has 0 aromatic heterocycles. The Morgan fingerprint density at radius 3 is 2.30 bits per heavy atom. The third kappa shape index (κ3) is 10.3. The maximum absolute atomic E-state index is 11.9. The minimum Gasteiger partial charge on any atom is -0.343 e. The number of sulfonamides is 1. The normalized spacial score (nSPS) is 11.0. The maximum Gasteiger partial charge on any atom is 0.355 e. The molecule has 180 valence electrons. The molecular formula is C22H26Cl2N2O6S. The summed E-state index contributed by atoms with van der Waals surface area (Å²) in [7, 11) is -3.37. The van der Waals surface area contributed by atoms with Gasteiger partial charge in [0.2, 0.25) is 15.9 Å². The van der Waals surface area contributed by atoms with Gasteiger partial charge >= 0.3 is 5.97 Å². The van der Waals surface area contributed by atoms with Crippen LogP contribution in [0.3, 0.4) is 0 Å². The van der Waals surface area contributed by atoms with Crippen molar-refractivity contribution in [2.24, 2.45) is 0 Å². The van der Waals surface area contributed by atoms with Crippen molar-refractivity contribution in [2.75, 3.05) is 24.1 Å². The van der Waals surface area contributed by atoms with Crippen LogP contribution in [0.1, 0.15) is 31.7 Å². The van der Waals surface area contributed by atoms with E-state index in [1.165, 1.54) is 31.2 Å². The molecule has 8 nitrogen and oxygen atoms in total. The molecule has 0 aliphatic heterocycles. The van der Waals surface area contributed by atoms with Crippen molar-refractivity contribution in [3.63, 3.8) is 0 Å². The summed E-state index contributed by atoms with van der Waals surface area (Å²) in [5, 5.41) is 0.964. The second-order valence-electron chi connectivity index (χ2n) is 7.40. The Bertz CT molecular complexity index is 1060. The Morgan fingerprint density at radius 1 is 1.00 bits per heavy atom. The third-order valence-electron chi connectivity index (χ3n) is 4.55. The molecule has 11 heteroatoms. The number of hydrogen-bond donors (Lipinski definition) is 1. The van der Waals surface area contributed by atoms with E-state index in [0.717, 1.165) is 11.8 Å². The van der Waals surface area contributed by atoms with Crippen LogP contribution in [-0.4, -0.2) is 44.5 Å². The van der Waals surface area contributed by atoms with E-state index in [1.54, 1.807) is 17.0 Å². The Balaban J connectivity index is 1.68. The SMILES string of the molecule is CC(=O)N(CCCCC(=O)OOc1ccc(NS(C)(=O)=O)cc1)CCc1ccc(Cl)c(Cl)c1. The molecule has 2 aromatic rings. The van der Waals surface area contributed by atoms with Gasteiger partial charge in [0, 0.05) is 25.7 Å². The smallest absolute Gasteiger partial charge is 0.343 e. The lowest BCUT2D eigenvalue weighted by Gasteiger charge is -2.21. The third-order valence-corrected chi connectivity index (χ3v) is 5.89. The Labute approximate surface area is 203 Å². The number of nitrogens with one attached hydrogen (secondary N) is 1. The van der Waals surface area contributed by atoms with E-state index in [1.807, 2.05) is 6.07 Å². The van der Waals surface area contributed by atoms with Crippen LogP contribution in [0.25, 0.3) is 0 Å². The molecule has 2 rings (SSSR count). The maximum atomic E-state index is 11.9. The first-order valence-electron chi connectivity index (χ1n) is 10.2. The first-order valence-corrected chi connectivity index (χ1v) is 12.8. The van der Waals surface area contributed by atoms with Crippen molar-refractivity contribution in [1.29, 1.82) is 0 Å². The lowest BCUT2D eigenvalue weighted by atomic mass is 10.1. The zero-order valence-electron chi connectivity index (χ0n) is 18.3. The van der Waals surface area contributed by atoms with Crippen LogP contribution < -0.4 is 9.61 Å². The van der Waals surface area contributed by atoms with Gasteiger partial charge in [-0.25, -0.2) is 13.2 Å². The zero-order valence-corrected chi connectivity index (χ0v) is 20.7. The van der Waals surface area contributed by atoms with Crippen LogP contribution in [0, 0.1) is 0 Å². The highest BCUT2D eigenvalue weighted by molar-refractivity contribution is 7.92. The fourth-order valence-electron chi connectivity index (χ4n) is 2.89. The molecule has 0 saturated heterocycles. The van der Waals surface area contributed by atoms with E-state index >= 15 is 0 Å². The standard InChI is InChI=1S/C22H26Cl2N2O6S/c1-16(27)26(14-12-17-6-11-20(23)21(24)15-17)13-4-3-5-22(28)32-31-19-9-7-18(8-10-19)25-33(2,29)30/h6-11,15,25H,3-5,12-14H2,1-2H3. The van der Waals surface area contributed by atoms with E-state index in [-0.39, 0.29) is 18.1 Å². The summed E-state index contributed by atoms with van der Waals surface area (Å²) < 4.78 is 24.7. The topological polar surface area (TPSA) is 102 Å². The first-order chi connectivity index (χ1) is 15.5. The summed E-state index contributed by atoms with van der Waals surface area (Å²) >= 11 is 11.9. The lowest BCUT2D eigenvalue weighted by molar-refractivity contribution is -0.213. The molecule has 0 spiro atoms. The second kappa shape index (κ2) is 12.7. The van der Waals surface area contributed by atoms with E-state index in [4.69, 9.17) is 33.0 Å². The Hall–Kier alpha value is -2.49. The summed E-state index contributed by atoms with van der Waals surface area (Å²) in [6.45, 7) is 2.55. The molecule has 0 atom stereocenters. The molecule has 0 bridgehead atoms. The van der Waals surface area contributed by atoms with Gasteiger partial charge in [0.15, 0.2) is 5.75 Å². The molecule has 33 heavy (non-hydrogen) atoms. The van der Waals surface area contributed by atoms with Crippen molar-refractivity contribution in [1.82, 2.24) is 4.90 Å². The molecule has 0 aliphatic carbocycles. The van der Waals surface area contributed by atoms with Gasteiger partial charge in [0.25, 0.3) is 0 Å². The van der Waals surface area contributed by atoms with Gasteiger partial charge in [0.1, 0.15) is 0 Å². The molecule has 0 aliphatic rings. The lowest BCUT2D eigenvalue weighted by Crippen LogP contribution is -2.31. The summed E-state index contributed by atoms with van der Waals surface area (Å²) in [6.07, 6.45) is 2.97. The summed E-state index contributed by atoms with van der Waals surface area (Å²) in [6, 6.07) is 11.3. The van der Waals surface area contributed by atoms with E-state index in [0.29, 0.717) is 48.1 Å². The van der Waals surface area contributed by atoms with Crippen LogP contribution >= 0.6 is 23.2 Å². The highest BCUT2D eigenvalue weighted by Gasteiger charge is 2.11. The number of carbonyl (C=O) groups is 2. The van der Waals surface area contributed by atoms with Crippen molar-refractivity contribution >= 4 is 50.8 Å². The molecule has 0 heterocycles. The molecule has 0 radical (unpaired) electrons. The molecule has 1 N–H and O–H groups in total. The fourth-order valence-corrected chi connectivity index (χ4v) is 3.77. The number of carbonyl (C=O) groups excluding carboxylic acids is 2.